The van der Waals surface area contributed by atoms with Crippen molar-refractivity contribution in [2.45, 2.75) is 44.1 Å². The number of pyridine rings is 1. The maximum Gasteiger partial charge on any atom is 0.276 e. The average Bonchev–Trinajstić information content (AvgIpc) is 2.84. The summed E-state index contributed by atoms with van der Waals surface area (Å²) in [5, 5.41) is 4.64. The highest BCUT2D eigenvalue weighted by Gasteiger charge is 2.33. The Hall–Kier alpha value is -1.46. The molecule has 0 spiro atoms. The molecule has 6 heteroatoms. The van der Waals surface area contributed by atoms with Crippen molar-refractivity contribution in [2.75, 3.05) is 0 Å². The van der Waals surface area contributed by atoms with Crippen molar-refractivity contribution in [1.29, 1.82) is 0 Å². The molecule has 0 amide bonds. The van der Waals surface area contributed by atoms with Crippen molar-refractivity contribution in [3.63, 3.8) is 0 Å². The molecule has 2 aromatic rings. The second-order valence-electron chi connectivity index (χ2n) is 5.36. The van der Waals surface area contributed by atoms with Gasteiger partial charge in [-0.25, -0.2) is 4.98 Å². The molecular weight excluding hydrogens is 276 g/mol. The highest BCUT2D eigenvalue weighted by molar-refractivity contribution is 6.30. The third-order valence-corrected chi connectivity index (χ3v) is 4.04. The van der Waals surface area contributed by atoms with Crippen LogP contribution in [0.15, 0.2) is 22.9 Å². The number of aromatic nitrogens is 3. The monoisotopic (exact) mass is 292 g/mol. The lowest BCUT2D eigenvalue weighted by molar-refractivity contribution is 0.334. The molecule has 20 heavy (non-hydrogen) atoms. The summed E-state index contributed by atoms with van der Waals surface area (Å²) in [6.45, 7) is 0. The fraction of sp³-hybridized carbons (Fsp3) is 0.500. The zero-order chi connectivity index (χ0) is 14.0. The van der Waals surface area contributed by atoms with Gasteiger partial charge >= 0.3 is 0 Å². The SMILES string of the molecule is NC1(c2noc(-c3ccc(Cl)cn3)n2)CCCCCC1. The van der Waals surface area contributed by atoms with Crippen LogP contribution in [0.25, 0.3) is 11.6 Å². The Morgan fingerprint density at radius 1 is 1.15 bits per heavy atom. The Labute approximate surface area is 122 Å². The molecule has 1 aliphatic rings. The number of rotatable bonds is 2. The maximum absolute atomic E-state index is 6.47. The standard InChI is InChI=1S/C14H17ClN4O/c15-10-5-6-11(17-9-10)12-18-13(19-20-12)14(16)7-3-1-2-4-8-14/h5-6,9H,1-4,7-8,16H2. The molecule has 1 aliphatic carbocycles. The number of nitrogens with two attached hydrogens (primary N) is 1. The number of hydrogen-bond donors (Lipinski definition) is 1. The van der Waals surface area contributed by atoms with Gasteiger partial charge in [-0.3, -0.25) is 0 Å². The second kappa shape index (κ2) is 5.50. The second-order valence-corrected chi connectivity index (χ2v) is 5.79. The molecule has 2 heterocycles. The van der Waals surface area contributed by atoms with Crippen LogP contribution in [0.4, 0.5) is 0 Å². The first-order valence-corrected chi connectivity index (χ1v) is 7.30. The van der Waals surface area contributed by atoms with Crippen molar-refractivity contribution in [1.82, 2.24) is 15.1 Å². The molecule has 2 aromatic heterocycles. The van der Waals surface area contributed by atoms with E-state index in [0.29, 0.717) is 22.4 Å². The van der Waals surface area contributed by atoms with Gasteiger partial charge in [0.15, 0.2) is 5.82 Å². The molecule has 1 fully saturated rings. The molecular formula is C14H17ClN4O. The summed E-state index contributed by atoms with van der Waals surface area (Å²) in [6.07, 6.45) is 8.04. The van der Waals surface area contributed by atoms with Crippen molar-refractivity contribution < 1.29 is 4.52 Å². The summed E-state index contributed by atoms with van der Waals surface area (Å²) in [6, 6.07) is 3.51. The summed E-state index contributed by atoms with van der Waals surface area (Å²) < 4.78 is 5.30. The first-order chi connectivity index (χ1) is 9.67. The van der Waals surface area contributed by atoms with Crippen LogP contribution in [0.1, 0.15) is 44.3 Å². The lowest BCUT2D eigenvalue weighted by Crippen LogP contribution is -2.37. The third kappa shape index (κ3) is 2.69. The number of hydrogen-bond acceptors (Lipinski definition) is 5. The molecule has 5 nitrogen and oxygen atoms in total. The molecule has 0 aliphatic heterocycles. The Bertz CT molecular complexity index is 573. The largest absolute Gasteiger partial charge is 0.332 e. The minimum atomic E-state index is -0.468. The van der Waals surface area contributed by atoms with E-state index in [-0.39, 0.29) is 0 Å². The van der Waals surface area contributed by atoms with E-state index in [1.807, 2.05) is 0 Å². The van der Waals surface area contributed by atoms with Crippen molar-refractivity contribution in [3.05, 3.63) is 29.2 Å². The van der Waals surface area contributed by atoms with Gasteiger partial charge < -0.3 is 10.3 Å². The van der Waals surface area contributed by atoms with Gasteiger partial charge in [0.05, 0.1) is 10.6 Å². The van der Waals surface area contributed by atoms with Crippen molar-refractivity contribution >= 4 is 11.6 Å². The van der Waals surface area contributed by atoms with Crippen LogP contribution in [0, 0.1) is 0 Å². The summed E-state index contributed by atoms with van der Waals surface area (Å²) in [4.78, 5) is 8.62. The Morgan fingerprint density at radius 2 is 1.90 bits per heavy atom. The Morgan fingerprint density at radius 3 is 2.55 bits per heavy atom. The van der Waals surface area contributed by atoms with Crippen molar-refractivity contribution in [3.8, 4) is 11.6 Å². The zero-order valence-electron chi connectivity index (χ0n) is 11.2. The minimum absolute atomic E-state index is 0.394. The molecule has 0 saturated heterocycles. The fourth-order valence-corrected chi connectivity index (χ4v) is 2.73. The molecule has 0 radical (unpaired) electrons. The summed E-state index contributed by atoms with van der Waals surface area (Å²) in [5.41, 5.74) is 6.62. The first kappa shape index (κ1) is 13.5. The van der Waals surface area contributed by atoms with E-state index in [1.165, 1.54) is 12.8 Å². The van der Waals surface area contributed by atoms with Crippen LogP contribution in [-0.2, 0) is 5.54 Å². The average molecular weight is 293 g/mol. The van der Waals surface area contributed by atoms with Gasteiger partial charge in [0.1, 0.15) is 5.69 Å². The van der Waals surface area contributed by atoms with Gasteiger partial charge in [-0.2, -0.15) is 4.98 Å². The smallest absolute Gasteiger partial charge is 0.276 e. The fourth-order valence-electron chi connectivity index (χ4n) is 2.62. The molecule has 0 atom stereocenters. The summed E-state index contributed by atoms with van der Waals surface area (Å²) in [7, 11) is 0. The van der Waals surface area contributed by atoms with E-state index in [4.69, 9.17) is 21.9 Å². The molecule has 3 rings (SSSR count). The highest BCUT2D eigenvalue weighted by atomic mass is 35.5. The van der Waals surface area contributed by atoms with E-state index < -0.39 is 5.54 Å². The van der Waals surface area contributed by atoms with Gasteiger partial charge in [-0.1, -0.05) is 42.4 Å². The molecule has 2 N–H and O–H groups in total. The highest BCUT2D eigenvalue weighted by Crippen LogP contribution is 2.32. The third-order valence-electron chi connectivity index (χ3n) is 3.81. The van der Waals surface area contributed by atoms with E-state index in [9.17, 15) is 0 Å². The topological polar surface area (TPSA) is 77.8 Å². The lowest BCUT2D eigenvalue weighted by Gasteiger charge is -2.23. The van der Waals surface area contributed by atoms with Gasteiger partial charge in [0.25, 0.3) is 5.89 Å². The predicted octanol–water partition coefficient (Wildman–Crippen LogP) is 3.29. The first-order valence-electron chi connectivity index (χ1n) is 6.92. The molecule has 106 valence electrons. The Balaban J connectivity index is 1.87. The number of nitrogens with zero attached hydrogens (tertiary/aromatic N) is 3. The minimum Gasteiger partial charge on any atom is -0.332 e. The van der Waals surface area contributed by atoms with Crippen LogP contribution in [0.2, 0.25) is 5.02 Å². The number of halogens is 1. The maximum atomic E-state index is 6.47. The van der Waals surface area contributed by atoms with Gasteiger partial charge in [-0.05, 0) is 25.0 Å². The summed E-state index contributed by atoms with van der Waals surface area (Å²) >= 11 is 5.82. The van der Waals surface area contributed by atoms with E-state index in [1.54, 1.807) is 18.3 Å². The molecule has 1 saturated carbocycles. The van der Waals surface area contributed by atoms with Crippen LogP contribution < -0.4 is 5.73 Å². The summed E-state index contributed by atoms with van der Waals surface area (Å²) in [5.74, 6) is 0.983. The van der Waals surface area contributed by atoms with E-state index in [0.717, 1.165) is 25.7 Å². The predicted molar refractivity (Wildman–Crippen MR) is 76.1 cm³/mol. The van der Waals surface area contributed by atoms with Gasteiger partial charge in [0, 0.05) is 6.20 Å². The van der Waals surface area contributed by atoms with E-state index in [2.05, 4.69) is 15.1 Å². The van der Waals surface area contributed by atoms with Gasteiger partial charge in [0.2, 0.25) is 0 Å². The molecule has 0 bridgehead atoms. The van der Waals surface area contributed by atoms with Crippen LogP contribution >= 0.6 is 11.6 Å². The zero-order valence-corrected chi connectivity index (χ0v) is 11.9. The normalized spacial score (nSPS) is 18.7. The molecule has 0 unspecified atom stereocenters. The van der Waals surface area contributed by atoms with Gasteiger partial charge in [-0.15, -0.1) is 0 Å². The van der Waals surface area contributed by atoms with Crippen molar-refractivity contribution in [2.24, 2.45) is 5.73 Å². The quantitative estimate of drug-likeness (QED) is 0.859. The molecule has 0 aromatic carbocycles. The Kier molecular flexibility index (Phi) is 3.72. The lowest BCUT2D eigenvalue weighted by atomic mass is 9.91. The van der Waals surface area contributed by atoms with Crippen LogP contribution in [-0.4, -0.2) is 15.1 Å². The van der Waals surface area contributed by atoms with E-state index >= 15 is 0 Å². The van der Waals surface area contributed by atoms with Crippen LogP contribution in [0.5, 0.6) is 0 Å². The van der Waals surface area contributed by atoms with Crippen LogP contribution in [0.3, 0.4) is 0 Å².